The maximum atomic E-state index is 9.40. The molecule has 0 aromatic rings. The van der Waals surface area contributed by atoms with E-state index in [1.165, 1.54) is 0 Å². The largest absolute Gasteiger partial charge is 0.312 e. The molecule has 0 saturated heterocycles. The molecule has 116 valence electrons. The molecule has 0 bridgehead atoms. The Morgan fingerprint density at radius 2 is 0.650 bits per heavy atom. The summed E-state index contributed by atoms with van der Waals surface area (Å²) in [5.41, 5.74) is 0. The SMILES string of the molecule is O=[N+]([O-])OCCO[N+](=O)[O-].O=[N+]([O-])OCCO[N+](=O)[O-]. The average molecular weight is 304 g/mol. The first kappa shape index (κ1) is 19.1. The third-order valence-corrected chi connectivity index (χ3v) is 0.953. The Balaban J connectivity index is 0. The Labute approximate surface area is 108 Å². The van der Waals surface area contributed by atoms with Gasteiger partial charge >= 0.3 is 0 Å². The third kappa shape index (κ3) is 24.2. The highest BCUT2D eigenvalue weighted by molar-refractivity contribution is 4.16. The van der Waals surface area contributed by atoms with Crippen molar-refractivity contribution in [1.29, 1.82) is 0 Å². The standard InChI is InChI=1S/2C2H4N2O6/c2*5-3(6)9-1-2-10-4(7)8/h2*1-2H2. The molecule has 0 fully saturated rings. The second kappa shape index (κ2) is 12.3. The molecule has 0 aliphatic rings. The van der Waals surface area contributed by atoms with E-state index in [4.69, 9.17) is 0 Å². The fourth-order valence-corrected chi connectivity index (χ4v) is 0.447. The molecule has 0 aliphatic heterocycles. The monoisotopic (exact) mass is 304 g/mol. The lowest BCUT2D eigenvalue weighted by atomic mass is 10.8. The average Bonchev–Trinajstić information content (AvgIpc) is 2.30. The molecule has 0 aliphatic carbocycles. The van der Waals surface area contributed by atoms with E-state index in [0.29, 0.717) is 0 Å². The number of hydrogen-bond donors (Lipinski definition) is 0. The molecule has 0 aromatic carbocycles. The smallest absolute Gasteiger partial charge is 0.294 e. The Kier molecular flexibility index (Phi) is 11.7. The van der Waals surface area contributed by atoms with Crippen molar-refractivity contribution >= 4 is 0 Å². The zero-order chi connectivity index (χ0) is 16.0. The van der Waals surface area contributed by atoms with Crippen LogP contribution < -0.4 is 0 Å². The van der Waals surface area contributed by atoms with Gasteiger partial charge < -0.3 is 19.4 Å². The molecule has 0 atom stereocenters. The van der Waals surface area contributed by atoms with Gasteiger partial charge in [-0.3, -0.25) is 0 Å². The fraction of sp³-hybridized carbons (Fsp3) is 1.00. The highest BCUT2D eigenvalue weighted by atomic mass is 17.0. The van der Waals surface area contributed by atoms with Gasteiger partial charge in [0, 0.05) is 0 Å². The second-order valence-electron chi connectivity index (χ2n) is 2.23. The Bertz CT molecular complexity index is 267. The maximum Gasteiger partial charge on any atom is 0.294 e. The van der Waals surface area contributed by atoms with Crippen molar-refractivity contribution in [3.63, 3.8) is 0 Å². The first-order valence-corrected chi connectivity index (χ1v) is 4.35. The molecule has 0 amide bonds. The fourth-order valence-electron chi connectivity index (χ4n) is 0.447. The summed E-state index contributed by atoms with van der Waals surface area (Å²) in [6, 6.07) is 0. The van der Waals surface area contributed by atoms with Crippen LogP contribution in [-0.2, 0) is 19.4 Å². The molecular weight excluding hydrogens is 296 g/mol. The molecule has 20 heavy (non-hydrogen) atoms. The number of nitrogens with zero attached hydrogens (tertiary/aromatic N) is 4. The van der Waals surface area contributed by atoms with E-state index in [1.54, 1.807) is 0 Å². The quantitative estimate of drug-likeness (QED) is 0.264. The Morgan fingerprint density at radius 1 is 0.500 bits per heavy atom. The molecule has 0 unspecified atom stereocenters. The normalized spacial score (nSPS) is 8.40. The van der Waals surface area contributed by atoms with E-state index in [0.717, 1.165) is 0 Å². The van der Waals surface area contributed by atoms with Crippen molar-refractivity contribution in [2.24, 2.45) is 0 Å². The van der Waals surface area contributed by atoms with Gasteiger partial charge in [-0.05, 0) is 0 Å². The summed E-state index contributed by atoms with van der Waals surface area (Å²) in [5, 5.41) is 33.4. The van der Waals surface area contributed by atoms with E-state index in [1.807, 2.05) is 0 Å². The van der Waals surface area contributed by atoms with Crippen LogP contribution in [0, 0.1) is 40.5 Å². The van der Waals surface area contributed by atoms with Crippen LogP contribution in [0.5, 0.6) is 0 Å². The van der Waals surface area contributed by atoms with Gasteiger partial charge in [-0.25, -0.2) is 0 Å². The molecule has 0 aromatic heterocycles. The zero-order valence-electron chi connectivity index (χ0n) is 9.52. The minimum Gasteiger partial charge on any atom is -0.312 e. The molecular formula is C4H8N4O12. The van der Waals surface area contributed by atoms with E-state index < -0.39 is 46.8 Å². The molecule has 0 radical (unpaired) electrons. The van der Waals surface area contributed by atoms with Crippen LogP contribution in [0.1, 0.15) is 0 Å². The van der Waals surface area contributed by atoms with Gasteiger partial charge in [0.1, 0.15) is 26.4 Å². The van der Waals surface area contributed by atoms with Crippen molar-refractivity contribution in [1.82, 2.24) is 0 Å². The number of rotatable bonds is 10. The molecule has 0 saturated carbocycles. The third-order valence-electron chi connectivity index (χ3n) is 0.953. The van der Waals surface area contributed by atoms with Crippen LogP contribution in [-0.4, -0.2) is 46.8 Å². The van der Waals surface area contributed by atoms with Crippen molar-refractivity contribution in [3.8, 4) is 0 Å². The highest BCUT2D eigenvalue weighted by Gasteiger charge is 1.97. The summed E-state index contributed by atoms with van der Waals surface area (Å²) < 4.78 is 0. The summed E-state index contributed by atoms with van der Waals surface area (Å²) in [7, 11) is 0. The Morgan fingerprint density at radius 3 is 0.750 bits per heavy atom. The lowest BCUT2D eigenvalue weighted by molar-refractivity contribution is -0.780. The van der Waals surface area contributed by atoms with E-state index >= 15 is 0 Å². The lowest BCUT2D eigenvalue weighted by Gasteiger charge is -1.95. The first-order chi connectivity index (χ1) is 9.25. The molecule has 0 heterocycles. The van der Waals surface area contributed by atoms with Gasteiger partial charge in [0.15, 0.2) is 0 Å². The van der Waals surface area contributed by atoms with Crippen LogP contribution in [0.2, 0.25) is 0 Å². The van der Waals surface area contributed by atoms with Gasteiger partial charge in [0.25, 0.3) is 20.3 Å². The summed E-state index contributed by atoms with van der Waals surface area (Å²) in [6.45, 7) is -1.75. The van der Waals surface area contributed by atoms with E-state index in [-0.39, 0.29) is 0 Å². The van der Waals surface area contributed by atoms with Gasteiger partial charge in [0.2, 0.25) is 0 Å². The zero-order valence-corrected chi connectivity index (χ0v) is 9.52. The summed E-state index contributed by atoms with van der Waals surface area (Å²) >= 11 is 0. The predicted molar refractivity (Wildman–Crippen MR) is 51.8 cm³/mol. The van der Waals surface area contributed by atoms with Crippen molar-refractivity contribution in [3.05, 3.63) is 40.5 Å². The molecule has 0 spiro atoms. The van der Waals surface area contributed by atoms with Crippen molar-refractivity contribution < 1.29 is 39.7 Å². The maximum absolute atomic E-state index is 9.40. The first-order valence-electron chi connectivity index (χ1n) is 4.35. The van der Waals surface area contributed by atoms with E-state index in [9.17, 15) is 40.5 Å². The minimum absolute atomic E-state index is 0.437. The van der Waals surface area contributed by atoms with Crippen LogP contribution in [0.25, 0.3) is 0 Å². The van der Waals surface area contributed by atoms with Crippen LogP contribution in [0.3, 0.4) is 0 Å². The highest BCUT2D eigenvalue weighted by Crippen LogP contribution is 1.78. The predicted octanol–water partition coefficient (Wildman–Crippen LogP) is -1.19. The van der Waals surface area contributed by atoms with Gasteiger partial charge in [-0.1, -0.05) is 0 Å². The van der Waals surface area contributed by atoms with Gasteiger partial charge in [-0.2, -0.15) is 0 Å². The van der Waals surface area contributed by atoms with Crippen molar-refractivity contribution in [2.75, 3.05) is 26.4 Å². The summed E-state index contributed by atoms with van der Waals surface area (Å²) in [4.78, 5) is 52.3. The molecule has 0 N–H and O–H groups in total. The molecule has 16 nitrogen and oxygen atoms in total. The summed E-state index contributed by atoms with van der Waals surface area (Å²) in [6.07, 6.45) is 0. The van der Waals surface area contributed by atoms with Gasteiger partial charge in [0.05, 0.1) is 0 Å². The minimum atomic E-state index is -1.05. The van der Waals surface area contributed by atoms with Crippen molar-refractivity contribution in [2.45, 2.75) is 0 Å². The summed E-state index contributed by atoms with van der Waals surface area (Å²) in [5.74, 6) is 0. The topological polar surface area (TPSA) is 209 Å². The van der Waals surface area contributed by atoms with Crippen LogP contribution in [0.4, 0.5) is 0 Å². The van der Waals surface area contributed by atoms with Crippen LogP contribution in [0.15, 0.2) is 0 Å². The molecule has 0 rings (SSSR count). The number of hydrogen-bond acceptors (Lipinski definition) is 12. The van der Waals surface area contributed by atoms with Crippen LogP contribution >= 0.6 is 0 Å². The van der Waals surface area contributed by atoms with E-state index in [2.05, 4.69) is 19.4 Å². The van der Waals surface area contributed by atoms with Gasteiger partial charge in [-0.15, -0.1) is 40.5 Å². The lowest BCUT2D eigenvalue weighted by Crippen LogP contribution is -2.11. The second-order valence-corrected chi connectivity index (χ2v) is 2.23. The Hall–Kier alpha value is -3.20. The molecule has 16 heteroatoms.